The van der Waals surface area contributed by atoms with Gasteiger partial charge in [0.25, 0.3) is 0 Å². The Kier molecular flexibility index (Phi) is 4.73. The van der Waals surface area contributed by atoms with Crippen molar-refractivity contribution in [2.45, 2.75) is 13.0 Å². The molecule has 0 radical (unpaired) electrons. The summed E-state index contributed by atoms with van der Waals surface area (Å²) in [7, 11) is 0. The molecular weight excluding hydrogens is 326 g/mol. The second-order valence-electron chi connectivity index (χ2n) is 5.09. The van der Waals surface area contributed by atoms with Crippen LogP contribution >= 0.6 is 15.9 Å². The van der Waals surface area contributed by atoms with E-state index in [0.717, 1.165) is 35.3 Å². The van der Waals surface area contributed by atoms with Gasteiger partial charge in [-0.2, -0.15) is 0 Å². The van der Waals surface area contributed by atoms with Gasteiger partial charge in [0.1, 0.15) is 12.4 Å². The van der Waals surface area contributed by atoms with Gasteiger partial charge in [-0.05, 0) is 42.3 Å². The minimum absolute atomic E-state index is 0.577. The van der Waals surface area contributed by atoms with Crippen molar-refractivity contribution < 1.29 is 4.74 Å². The first kappa shape index (κ1) is 14.4. The van der Waals surface area contributed by atoms with Crippen molar-refractivity contribution in [1.29, 1.82) is 0 Å². The van der Waals surface area contributed by atoms with Gasteiger partial charge in [-0.15, -0.1) is 0 Å². The van der Waals surface area contributed by atoms with Crippen LogP contribution in [-0.4, -0.2) is 13.1 Å². The Bertz CT molecular complexity index is 634. The third-order valence-electron chi connectivity index (χ3n) is 3.64. The van der Waals surface area contributed by atoms with E-state index in [4.69, 9.17) is 4.74 Å². The molecule has 2 nitrogen and oxygen atoms in total. The van der Waals surface area contributed by atoms with Crippen molar-refractivity contribution in [3.05, 3.63) is 70.2 Å². The van der Waals surface area contributed by atoms with Crippen molar-refractivity contribution in [3.8, 4) is 5.75 Å². The van der Waals surface area contributed by atoms with Crippen LogP contribution < -0.4 is 10.1 Å². The summed E-state index contributed by atoms with van der Waals surface area (Å²) in [4.78, 5) is 0. The summed E-state index contributed by atoms with van der Waals surface area (Å²) in [5.41, 5.74) is 3.87. The Balaban J connectivity index is 1.65. The van der Waals surface area contributed by atoms with Crippen LogP contribution in [-0.2, 0) is 6.61 Å². The van der Waals surface area contributed by atoms with E-state index in [1.54, 1.807) is 0 Å². The first-order valence-corrected chi connectivity index (χ1v) is 7.98. The lowest BCUT2D eigenvalue weighted by molar-refractivity contribution is 0.305. The topological polar surface area (TPSA) is 21.3 Å². The van der Waals surface area contributed by atoms with Crippen molar-refractivity contribution in [2.24, 2.45) is 0 Å². The smallest absolute Gasteiger partial charge is 0.119 e. The average molecular weight is 344 g/mol. The van der Waals surface area contributed by atoms with Gasteiger partial charge < -0.3 is 10.1 Å². The number of hydrogen-bond donors (Lipinski definition) is 1. The number of benzene rings is 2. The van der Waals surface area contributed by atoms with E-state index in [1.165, 1.54) is 11.1 Å². The molecule has 0 amide bonds. The molecule has 0 aromatic heterocycles. The number of nitrogens with one attached hydrogen (secondary N) is 1. The molecule has 3 heteroatoms. The largest absolute Gasteiger partial charge is 0.489 e. The van der Waals surface area contributed by atoms with Gasteiger partial charge in [0.05, 0.1) is 0 Å². The Morgan fingerprint density at radius 3 is 2.57 bits per heavy atom. The molecule has 0 fully saturated rings. The van der Waals surface area contributed by atoms with Crippen LogP contribution in [0.5, 0.6) is 5.75 Å². The summed E-state index contributed by atoms with van der Waals surface area (Å²) in [6, 6.07) is 16.5. The fraction of sp³-hybridized carbons (Fsp3) is 0.222. The van der Waals surface area contributed by atoms with E-state index in [-0.39, 0.29) is 0 Å². The van der Waals surface area contributed by atoms with Gasteiger partial charge in [0, 0.05) is 16.6 Å². The molecule has 1 heterocycles. The molecule has 0 bridgehead atoms. The van der Waals surface area contributed by atoms with Gasteiger partial charge in [-0.25, -0.2) is 0 Å². The molecular formula is C18H18BrNO. The second kappa shape index (κ2) is 6.92. The van der Waals surface area contributed by atoms with Crippen LogP contribution in [0.2, 0.25) is 0 Å². The molecule has 0 saturated carbocycles. The molecule has 0 spiro atoms. The molecule has 1 aliphatic rings. The summed E-state index contributed by atoms with van der Waals surface area (Å²) in [6.07, 6.45) is 3.36. The number of ether oxygens (including phenoxy) is 1. The zero-order chi connectivity index (χ0) is 14.5. The lowest BCUT2D eigenvalue weighted by Crippen LogP contribution is -2.19. The van der Waals surface area contributed by atoms with E-state index in [1.807, 2.05) is 18.2 Å². The summed E-state index contributed by atoms with van der Waals surface area (Å²) in [5, 5.41) is 3.33. The highest BCUT2D eigenvalue weighted by Gasteiger charge is 2.06. The molecule has 108 valence electrons. The molecule has 2 aromatic carbocycles. The summed E-state index contributed by atoms with van der Waals surface area (Å²) >= 11 is 3.54. The summed E-state index contributed by atoms with van der Waals surface area (Å²) < 4.78 is 6.94. The maximum Gasteiger partial charge on any atom is 0.119 e. The zero-order valence-electron chi connectivity index (χ0n) is 11.8. The highest BCUT2D eigenvalue weighted by atomic mass is 79.9. The third-order valence-corrected chi connectivity index (χ3v) is 4.41. The average Bonchev–Trinajstić information content (AvgIpc) is 2.55. The van der Waals surface area contributed by atoms with Crippen LogP contribution in [0.4, 0.5) is 0 Å². The number of hydrogen-bond acceptors (Lipinski definition) is 2. The van der Waals surface area contributed by atoms with Crippen LogP contribution in [0.25, 0.3) is 5.57 Å². The lowest BCUT2D eigenvalue weighted by atomic mass is 10.0. The fourth-order valence-electron chi connectivity index (χ4n) is 2.43. The van der Waals surface area contributed by atoms with E-state index < -0.39 is 0 Å². The van der Waals surface area contributed by atoms with Gasteiger partial charge in [-0.1, -0.05) is 52.3 Å². The van der Waals surface area contributed by atoms with Crippen LogP contribution in [0.3, 0.4) is 0 Å². The van der Waals surface area contributed by atoms with E-state index in [9.17, 15) is 0 Å². The van der Waals surface area contributed by atoms with Gasteiger partial charge in [0.2, 0.25) is 0 Å². The highest BCUT2D eigenvalue weighted by Crippen LogP contribution is 2.23. The van der Waals surface area contributed by atoms with Gasteiger partial charge in [0.15, 0.2) is 0 Å². The molecule has 1 aliphatic heterocycles. The maximum absolute atomic E-state index is 5.85. The van der Waals surface area contributed by atoms with E-state index in [2.05, 4.69) is 57.7 Å². The van der Waals surface area contributed by atoms with Gasteiger partial charge in [-0.3, -0.25) is 0 Å². The molecule has 0 aliphatic carbocycles. The van der Waals surface area contributed by atoms with Crippen LogP contribution in [0.1, 0.15) is 17.5 Å². The Morgan fingerprint density at radius 1 is 1.05 bits per heavy atom. The van der Waals surface area contributed by atoms with Crippen molar-refractivity contribution in [2.75, 3.05) is 13.1 Å². The molecule has 21 heavy (non-hydrogen) atoms. The highest BCUT2D eigenvalue weighted by molar-refractivity contribution is 9.10. The van der Waals surface area contributed by atoms with Crippen molar-refractivity contribution >= 4 is 21.5 Å². The standard InChI is InChI=1S/C18H18BrNO/c19-18-4-2-1-3-16(18)13-21-17-7-5-14(6-8-17)15-9-11-20-12-10-15/h1-9,20H,10-13H2. The Hall–Kier alpha value is -1.58. The lowest BCUT2D eigenvalue weighted by Gasteiger charge is -2.14. The van der Waals surface area contributed by atoms with E-state index in [0.29, 0.717) is 6.61 Å². The minimum atomic E-state index is 0.577. The number of rotatable bonds is 4. The Morgan fingerprint density at radius 2 is 1.86 bits per heavy atom. The van der Waals surface area contributed by atoms with Crippen molar-refractivity contribution in [1.82, 2.24) is 5.32 Å². The first-order valence-electron chi connectivity index (χ1n) is 7.19. The molecule has 2 aromatic rings. The predicted molar refractivity (Wildman–Crippen MR) is 90.4 cm³/mol. The van der Waals surface area contributed by atoms with Gasteiger partial charge >= 0.3 is 0 Å². The second-order valence-corrected chi connectivity index (χ2v) is 5.94. The summed E-state index contributed by atoms with van der Waals surface area (Å²) in [5.74, 6) is 0.907. The first-order chi connectivity index (χ1) is 10.3. The SMILES string of the molecule is Brc1ccccc1COc1ccc(C2=CCNCC2)cc1. The van der Waals surface area contributed by atoms with Crippen molar-refractivity contribution in [3.63, 3.8) is 0 Å². The molecule has 0 saturated heterocycles. The molecule has 0 unspecified atom stereocenters. The third kappa shape index (κ3) is 3.74. The molecule has 3 rings (SSSR count). The minimum Gasteiger partial charge on any atom is -0.489 e. The predicted octanol–water partition coefficient (Wildman–Crippen LogP) is 4.40. The fourth-order valence-corrected chi connectivity index (χ4v) is 2.83. The normalized spacial score (nSPS) is 14.6. The van der Waals surface area contributed by atoms with E-state index >= 15 is 0 Å². The summed E-state index contributed by atoms with van der Waals surface area (Å²) in [6.45, 7) is 2.61. The number of halogens is 1. The van der Waals surface area contributed by atoms with Crippen LogP contribution in [0.15, 0.2) is 59.1 Å². The quantitative estimate of drug-likeness (QED) is 0.887. The monoisotopic (exact) mass is 343 g/mol. The maximum atomic E-state index is 5.85. The Labute approximate surface area is 134 Å². The molecule has 0 atom stereocenters. The zero-order valence-corrected chi connectivity index (χ0v) is 13.4. The van der Waals surface area contributed by atoms with Crippen LogP contribution in [0, 0.1) is 0 Å². The molecule has 1 N–H and O–H groups in total.